The second-order valence-electron chi connectivity index (χ2n) is 5.64. The van der Waals surface area contributed by atoms with Crippen LogP contribution in [0.3, 0.4) is 0 Å². The Labute approximate surface area is 156 Å². The van der Waals surface area contributed by atoms with Crippen LogP contribution < -0.4 is 10.6 Å². The third-order valence-electron chi connectivity index (χ3n) is 3.63. The van der Waals surface area contributed by atoms with E-state index >= 15 is 0 Å². The first-order valence-electron chi connectivity index (χ1n) is 7.69. The molecule has 0 aliphatic carbocycles. The van der Waals surface area contributed by atoms with E-state index in [1.54, 1.807) is 11.3 Å². The van der Waals surface area contributed by atoms with E-state index in [1.807, 2.05) is 38.1 Å². The van der Waals surface area contributed by atoms with E-state index in [1.165, 1.54) is 4.70 Å². The second-order valence-corrected chi connectivity index (χ2v) is 7.58. The van der Waals surface area contributed by atoms with Crippen LogP contribution in [0.1, 0.15) is 16.1 Å². The molecule has 0 saturated heterocycles. The maximum atomic E-state index is 6.30. The fourth-order valence-corrected chi connectivity index (χ4v) is 4.08. The number of hydrogen-bond donors (Lipinski definition) is 2. The molecule has 2 aromatic carbocycles. The van der Waals surface area contributed by atoms with E-state index < -0.39 is 0 Å². The van der Waals surface area contributed by atoms with Gasteiger partial charge in [-0.2, -0.15) is 0 Å². The van der Waals surface area contributed by atoms with Crippen molar-refractivity contribution >= 4 is 56.2 Å². The van der Waals surface area contributed by atoms with Crippen molar-refractivity contribution in [3.8, 4) is 0 Å². The molecule has 2 N–H and O–H groups in total. The number of aromatic nitrogens is 1. The van der Waals surface area contributed by atoms with Crippen LogP contribution in [0.2, 0.25) is 5.02 Å². The van der Waals surface area contributed by atoms with E-state index in [0.717, 1.165) is 40.3 Å². The van der Waals surface area contributed by atoms with Gasteiger partial charge >= 0.3 is 0 Å². The monoisotopic (exact) mass is 375 g/mol. The topological polar surface area (TPSA) is 37.0 Å². The molecule has 3 rings (SSSR count). The van der Waals surface area contributed by atoms with E-state index in [0.29, 0.717) is 10.1 Å². The Morgan fingerprint density at radius 2 is 2.04 bits per heavy atom. The second kappa shape index (κ2) is 7.47. The SMILES string of the molecule is Cc1cc(C)c(NC(=S)NCCc2nc3ccccc3s2)c(Cl)c1. The lowest BCUT2D eigenvalue weighted by Crippen LogP contribution is -2.30. The summed E-state index contributed by atoms with van der Waals surface area (Å²) >= 11 is 13.4. The average molecular weight is 376 g/mol. The number of hydrogen-bond acceptors (Lipinski definition) is 3. The molecule has 0 aliphatic rings. The van der Waals surface area contributed by atoms with Crippen LogP contribution in [-0.4, -0.2) is 16.6 Å². The Kier molecular flexibility index (Phi) is 5.33. The summed E-state index contributed by atoms with van der Waals surface area (Å²) in [7, 11) is 0. The zero-order valence-corrected chi connectivity index (χ0v) is 15.9. The van der Waals surface area contributed by atoms with Crippen LogP contribution in [0.4, 0.5) is 5.69 Å². The molecular formula is C18H18ClN3S2. The molecule has 0 saturated carbocycles. The van der Waals surface area contributed by atoms with Crippen molar-refractivity contribution in [2.24, 2.45) is 0 Å². The normalized spacial score (nSPS) is 10.8. The van der Waals surface area contributed by atoms with E-state index in [9.17, 15) is 0 Å². The van der Waals surface area contributed by atoms with Gasteiger partial charge in [-0.1, -0.05) is 29.8 Å². The number of rotatable bonds is 4. The quantitative estimate of drug-likeness (QED) is 0.622. The van der Waals surface area contributed by atoms with Gasteiger partial charge in [-0.05, 0) is 55.4 Å². The summed E-state index contributed by atoms with van der Waals surface area (Å²) < 4.78 is 1.22. The molecule has 0 aliphatic heterocycles. The number of fused-ring (bicyclic) bond motifs is 1. The number of thiocarbonyl (C=S) groups is 1. The highest BCUT2D eigenvalue weighted by Gasteiger charge is 2.08. The molecule has 6 heteroatoms. The highest BCUT2D eigenvalue weighted by atomic mass is 35.5. The Bertz CT molecular complexity index is 833. The third kappa shape index (κ3) is 4.04. The predicted octanol–water partition coefficient (Wildman–Crippen LogP) is 5.10. The van der Waals surface area contributed by atoms with Gasteiger partial charge < -0.3 is 10.6 Å². The van der Waals surface area contributed by atoms with Gasteiger partial charge in [0.1, 0.15) is 0 Å². The molecule has 0 fully saturated rings. The fraction of sp³-hybridized carbons (Fsp3) is 0.222. The van der Waals surface area contributed by atoms with Crippen LogP contribution in [-0.2, 0) is 6.42 Å². The molecule has 1 aromatic heterocycles. The number of nitrogens with zero attached hydrogens (tertiary/aromatic N) is 1. The molecule has 0 amide bonds. The lowest BCUT2D eigenvalue weighted by Gasteiger charge is -2.14. The van der Waals surface area contributed by atoms with Crippen LogP contribution in [0, 0.1) is 13.8 Å². The molecule has 24 heavy (non-hydrogen) atoms. The highest BCUT2D eigenvalue weighted by molar-refractivity contribution is 7.80. The van der Waals surface area contributed by atoms with Gasteiger partial charge in [0, 0.05) is 13.0 Å². The third-order valence-corrected chi connectivity index (χ3v) is 5.27. The van der Waals surface area contributed by atoms with Gasteiger partial charge in [-0.25, -0.2) is 4.98 Å². The molecule has 124 valence electrons. The number of anilines is 1. The average Bonchev–Trinajstić information content (AvgIpc) is 2.93. The van der Waals surface area contributed by atoms with Gasteiger partial charge in [-0.3, -0.25) is 0 Å². The van der Waals surface area contributed by atoms with Crippen molar-refractivity contribution in [2.45, 2.75) is 20.3 Å². The summed E-state index contributed by atoms with van der Waals surface area (Å²) in [5, 5.41) is 8.78. The number of halogens is 1. The lowest BCUT2D eigenvalue weighted by molar-refractivity contribution is 0.868. The minimum absolute atomic E-state index is 0.574. The molecule has 0 radical (unpaired) electrons. The Hall–Kier alpha value is -1.69. The Balaban J connectivity index is 1.56. The van der Waals surface area contributed by atoms with E-state index in [-0.39, 0.29) is 0 Å². The molecule has 0 spiro atoms. The Morgan fingerprint density at radius 3 is 2.79 bits per heavy atom. The van der Waals surface area contributed by atoms with Crippen molar-refractivity contribution in [2.75, 3.05) is 11.9 Å². The summed E-state index contributed by atoms with van der Waals surface area (Å²) in [6.45, 7) is 4.77. The van der Waals surface area contributed by atoms with Crippen molar-refractivity contribution in [1.29, 1.82) is 0 Å². The molecule has 3 aromatic rings. The van der Waals surface area contributed by atoms with E-state index in [2.05, 4.69) is 27.8 Å². The summed E-state index contributed by atoms with van der Waals surface area (Å²) in [6.07, 6.45) is 0.835. The molecule has 0 bridgehead atoms. The molecule has 0 unspecified atom stereocenters. The first kappa shape index (κ1) is 17.1. The zero-order valence-electron chi connectivity index (χ0n) is 13.5. The minimum Gasteiger partial charge on any atom is -0.362 e. The molecule has 3 nitrogen and oxygen atoms in total. The molecule has 0 atom stereocenters. The van der Waals surface area contributed by atoms with Crippen molar-refractivity contribution < 1.29 is 0 Å². The Morgan fingerprint density at radius 1 is 1.25 bits per heavy atom. The number of nitrogens with one attached hydrogen (secondary N) is 2. The lowest BCUT2D eigenvalue weighted by atomic mass is 10.1. The highest BCUT2D eigenvalue weighted by Crippen LogP contribution is 2.27. The van der Waals surface area contributed by atoms with Gasteiger partial charge in [0.05, 0.1) is 25.9 Å². The van der Waals surface area contributed by atoms with Crippen LogP contribution >= 0.6 is 35.2 Å². The number of para-hydroxylation sites is 1. The van der Waals surface area contributed by atoms with E-state index in [4.69, 9.17) is 23.8 Å². The van der Waals surface area contributed by atoms with Crippen molar-refractivity contribution in [3.63, 3.8) is 0 Å². The minimum atomic E-state index is 0.574. The van der Waals surface area contributed by atoms with Gasteiger partial charge in [0.15, 0.2) is 5.11 Å². The molecular weight excluding hydrogens is 358 g/mol. The van der Waals surface area contributed by atoms with Gasteiger partial charge in [-0.15, -0.1) is 11.3 Å². The van der Waals surface area contributed by atoms with Gasteiger partial charge in [0.25, 0.3) is 0 Å². The van der Waals surface area contributed by atoms with Crippen molar-refractivity contribution in [3.05, 3.63) is 57.6 Å². The number of benzene rings is 2. The van der Waals surface area contributed by atoms with Crippen molar-refractivity contribution in [1.82, 2.24) is 10.3 Å². The van der Waals surface area contributed by atoms with Gasteiger partial charge in [0.2, 0.25) is 0 Å². The predicted molar refractivity (Wildman–Crippen MR) is 108 cm³/mol. The zero-order chi connectivity index (χ0) is 17.1. The summed E-state index contributed by atoms with van der Waals surface area (Å²) in [6, 6.07) is 12.2. The maximum Gasteiger partial charge on any atom is 0.170 e. The van der Waals surface area contributed by atoms with Crippen LogP contribution in [0.5, 0.6) is 0 Å². The largest absolute Gasteiger partial charge is 0.362 e. The summed E-state index contributed by atoms with van der Waals surface area (Å²) in [5.74, 6) is 0. The maximum absolute atomic E-state index is 6.30. The molecule has 1 heterocycles. The fourth-order valence-electron chi connectivity index (χ4n) is 2.54. The smallest absolute Gasteiger partial charge is 0.170 e. The first-order valence-corrected chi connectivity index (χ1v) is 9.29. The van der Waals surface area contributed by atoms with Crippen LogP contribution in [0.15, 0.2) is 36.4 Å². The summed E-state index contributed by atoms with van der Waals surface area (Å²) in [5.41, 5.74) is 4.13. The van der Waals surface area contributed by atoms with Crippen LogP contribution in [0.25, 0.3) is 10.2 Å². The first-order chi connectivity index (χ1) is 11.5. The summed E-state index contributed by atoms with van der Waals surface area (Å²) in [4.78, 5) is 4.63. The standard InChI is InChI=1S/C18H18ClN3S2/c1-11-9-12(2)17(13(19)10-11)22-18(23)20-8-7-16-21-14-5-3-4-6-15(14)24-16/h3-6,9-10H,7-8H2,1-2H3,(H2,20,22,23). The number of thiazole rings is 1. The number of aryl methyl sites for hydroxylation is 2.